The number of alkyl halides is 3. The van der Waals surface area contributed by atoms with Crippen molar-refractivity contribution in [1.29, 1.82) is 0 Å². The van der Waals surface area contributed by atoms with Crippen LogP contribution >= 0.6 is 0 Å². The summed E-state index contributed by atoms with van der Waals surface area (Å²) in [6.07, 6.45) is -1.14. The van der Waals surface area contributed by atoms with Crippen molar-refractivity contribution in [3.63, 3.8) is 0 Å². The molecule has 1 aromatic rings. The van der Waals surface area contributed by atoms with Gasteiger partial charge in [0, 0.05) is 12.6 Å². The highest BCUT2D eigenvalue weighted by atomic mass is 32.2. The molecule has 1 aliphatic carbocycles. The molecular weight excluding hydrogens is 472 g/mol. The molecule has 10 nitrogen and oxygen atoms in total. The Morgan fingerprint density at radius 2 is 2.06 bits per heavy atom. The number of ether oxygens (including phenoxy) is 1. The van der Waals surface area contributed by atoms with Crippen molar-refractivity contribution in [2.24, 2.45) is 10.7 Å². The van der Waals surface area contributed by atoms with Gasteiger partial charge in [0.1, 0.15) is 22.3 Å². The van der Waals surface area contributed by atoms with Crippen molar-refractivity contribution in [3.05, 3.63) is 47.3 Å². The van der Waals surface area contributed by atoms with Crippen molar-refractivity contribution in [2.45, 2.75) is 29.4 Å². The summed E-state index contributed by atoms with van der Waals surface area (Å²) in [5.74, 6) is -1.92. The minimum absolute atomic E-state index is 0.00257. The fourth-order valence-electron chi connectivity index (χ4n) is 3.87. The van der Waals surface area contributed by atoms with Crippen LogP contribution in [0.1, 0.15) is 22.6 Å². The largest absolute Gasteiger partial charge is 0.434 e. The second kappa shape index (κ2) is 7.76. The highest BCUT2D eigenvalue weighted by Gasteiger charge is 2.59. The van der Waals surface area contributed by atoms with E-state index in [1.54, 1.807) is 0 Å². The molecule has 1 fully saturated rings. The Hall–Kier alpha value is -3.07. The van der Waals surface area contributed by atoms with E-state index in [0.717, 1.165) is 10.4 Å². The van der Waals surface area contributed by atoms with Crippen molar-refractivity contribution < 1.29 is 35.5 Å². The number of aliphatic imine (C=N–C) groups is 1. The Bertz CT molecular complexity index is 1180. The van der Waals surface area contributed by atoms with E-state index in [2.05, 4.69) is 20.3 Å². The van der Waals surface area contributed by atoms with Crippen LogP contribution in [0.2, 0.25) is 0 Å². The van der Waals surface area contributed by atoms with Crippen molar-refractivity contribution >= 4 is 21.9 Å². The van der Waals surface area contributed by atoms with Crippen molar-refractivity contribution in [2.75, 3.05) is 20.3 Å². The Morgan fingerprint density at radius 1 is 1.33 bits per heavy atom. The molecule has 33 heavy (non-hydrogen) atoms. The highest BCUT2D eigenvalue weighted by Crippen LogP contribution is 2.44. The fraction of sp³-hybridized carbons (Fsp3) is 0.444. The molecule has 2 aliphatic heterocycles. The molecule has 1 amide bonds. The number of aromatic nitrogens is 2. The van der Waals surface area contributed by atoms with Crippen LogP contribution in [0.25, 0.3) is 0 Å². The van der Waals surface area contributed by atoms with E-state index >= 15 is 0 Å². The summed E-state index contributed by atoms with van der Waals surface area (Å²) in [6.45, 7) is -0.476. The summed E-state index contributed by atoms with van der Waals surface area (Å²) in [6, 6.07) is -0.828. The summed E-state index contributed by atoms with van der Waals surface area (Å²) in [5, 5.41) is 1.28. The number of amides is 1. The van der Waals surface area contributed by atoms with Gasteiger partial charge in [-0.05, 0) is 12.5 Å². The first-order valence-corrected chi connectivity index (χ1v) is 11.1. The molecular formula is C18H18F4N6O4S. The van der Waals surface area contributed by atoms with Gasteiger partial charge < -0.3 is 15.8 Å². The lowest BCUT2D eigenvalue weighted by molar-refractivity contribution is -0.141. The molecule has 4 rings (SSSR count). The minimum atomic E-state index is -4.71. The number of hydrogen-bond acceptors (Lipinski definition) is 8. The number of carbonyl (C=O) groups is 1. The normalized spacial score (nSPS) is 29.0. The fourth-order valence-corrected chi connectivity index (χ4v) is 5.56. The molecule has 178 valence electrons. The lowest BCUT2D eigenvalue weighted by Gasteiger charge is -2.39. The summed E-state index contributed by atoms with van der Waals surface area (Å²) in [5.41, 5.74) is 2.40. The maximum Gasteiger partial charge on any atom is 0.434 e. The van der Waals surface area contributed by atoms with Gasteiger partial charge in [0.05, 0.1) is 31.6 Å². The van der Waals surface area contributed by atoms with E-state index < -0.39 is 50.5 Å². The molecule has 1 unspecified atom stereocenters. The predicted molar refractivity (Wildman–Crippen MR) is 106 cm³/mol. The number of nitrogens with two attached hydrogens (primary N) is 1. The van der Waals surface area contributed by atoms with Gasteiger partial charge in [-0.25, -0.2) is 32.1 Å². The number of halogens is 4. The SMILES string of the molecule is CN1C(N)=N[C@@]2(C3=CC(NC(=O)c4cnc(C(F)(F)F)cn4)CC=C3F)COC[C@H]2S1(=O)=O. The molecule has 1 aromatic heterocycles. The maximum atomic E-state index is 14.9. The molecule has 0 spiro atoms. The summed E-state index contributed by atoms with van der Waals surface area (Å²) in [7, 11) is -2.77. The van der Waals surface area contributed by atoms with Crippen LogP contribution in [-0.4, -0.2) is 71.6 Å². The summed E-state index contributed by atoms with van der Waals surface area (Å²) in [4.78, 5) is 23.4. The van der Waals surface area contributed by atoms with Gasteiger partial charge in [-0.3, -0.25) is 4.79 Å². The van der Waals surface area contributed by atoms with E-state index in [1.807, 2.05) is 0 Å². The third-order valence-corrected chi connectivity index (χ3v) is 7.83. The van der Waals surface area contributed by atoms with Gasteiger partial charge in [0.15, 0.2) is 5.69 Å². The number of nitrogens with one attached hydrogen (secondary N) is 1. The standard InChI is InChI=1S/C18H18F4N6O4S/c1-28-16(23)27-17(8-32-7-14(17)33(28,30)31)10-4-9(2-3-11(10)19)26-15(29)12-5-25-13(6-24-12)18(20,21)22/h3-6,9,14H,2,7-8H2,1H3,(H2,23,27)(H,26,29)/t9?,14-,17-/m1/s1. The van der Waals surface area contributed by atoms with Crippen LogP contribution < -0.4 is 11.1 Å². The van der Waals surface area contributed by atoms with Gasteiger partial charge >= 0.3 is 6.18 Å². The van der Waals surface area contributed by atoms with Gasteiger partial charge in [-0.15, -0.1) is 0 Å². The number of rotatable bonds is 3. The monoisotopic (exact) mass is 490 g/mol. The van der Waals surface area contributed by atoms with E-state index in [1.165, 1.54) is 13.1 Å². The van der Waals surface area contributed by atoms with Crippen molar-refractivity contribution in [3.8, 4) is 0 Å². The number of nitrogens with zero attached hydrogens (tertiary/aromatic N) is 4. The number of hydrogen-bond donors (Lipinski definition) is 2. The second-order valence-corrected chi connectivity index (χ2v) is 9.79. The smallest absolute Gasteiger partial charge is 0.377 e. The van der Waals surface area contributed by atoms with E-state index in [9.17, 15) is 30.8 Å². The van der Waals surface area contributed by atoms with Crippen molar-refractivity contribution in [1.82, 2.24) is 19.6 Å². The first kappa shape index (κ1) is 23.1. The van der Waals surface area contributed by atoms with E-state index in [-0.39, 0.29) is 36.9 Å². The Labute approximate surface area is 185 Å². The van der Waals surface area contributed by atoms with Gasteiger partial charge in [-0.1, -0.05) is 6.08 Å². The average molecular weight is 490 g/mol. The molecule has 0 radical (unpaired) electrons. The Morgan fingerprint density at radius 3 is 2.70 bits per heavy atom. The summed E-state index contributed by atoms with van der Waals surface area (Å²) < 4.78 is 84.7. The molecule has 0 saturated carbocycles. The minimum Gasteiger partial charge on any atom is -0.377 e. The average Bonchev–Trinajstić information content (AvgIpc) is 3.19. The second-order valence-electron chi connectivity index (χ2n) is 7.64. The highest BCUT2D eigenvalue weighted by molar-refractivity contribution is 7.90. The zero-order chi connectivity index (χ0) is 24.2. The van der Waals surface area contributed by atoms with Crippen LogP contribution in [-0.2, 0) is 20.9 Å². The number of carbonyl (C=O) groups excluding carboxylic acids is 1. The third kappa shape index (κ3) is 3.84. The Kier molecular flexibility index (Phi) is 5.43. The first-order valence-electron chi connectivity index (χ1n) is 9.55. The summed E-state index contributed by atoms with van der Waals surface area (Å²) >= 11 is 0. The molecule has 3 atom stereocenters. The number of sulfonamides is 1. The van der Waals surface area contributed by atoms with E-state index in [0.29, 0.717) is 12.4 Å². The van der Waals surface area contributed by atoms with Crippen LogP contribution in [0.15, 0.2) is 40.9 Å². The molecule has 0 aromatic carbocycles. The van der Waals surface area contributed by atoms with Gasteiger partial charge in [0.25, 0.3) is 5.91 Å². The molecule has 3 aliphatic rings. The van der Waals surface area contributed by atoms with Crippen LogP contribution in [0, 0.1) is 0 Å². The molecule has 1 saturated heterocycles. The van der Waals surface area contributed by atoms with Crippen LogP contribution in [0.5, 0.6) is 0 Å². The first-order chi connectivity index (χ1) is 15.4. The predicted octanol–water partition coefficient (Wildman–Crippen LogP) is 0.505. The van der Waals surface area contributed by atoms with Crippen LogP contribution in [0.3, 0.4) is 0 Å². The van der Waals surface area contributed by atoms with Gasteiger partial charge in [-0.2, -0.15) is 13.2 Å². The zero-order valence-electron chi connectivity index (χ0n) is 17.0. The number of guanidine groups is 1. The zero-order valence-corrected chi connectivity index (χ0v) is 17.8. The maximum absolute atomic E-state index is 14.9. The molecule has 3 heterocycles. The topological polar surface area (TPSA) is 140 Å². The lowest BCUT2D eigenvalue weighted by atomic mass is 9.83. The van der Waals surface area contributed by atoms with E-state index in [4.69, 9.17) is 10.5 Å². The molecule has 15 heteroatoms. The lowest BCUT2D eigenvalue weighted by Crippen LogP contribution is -2.59. The van der Waals surface area contributed by atoms with Gasteiger partial charge in [0.2, 0.25) is 16.0 Å². The third-order valence-electron chi connectivity index (χ3n) is 5.64. The number of fused-ring (bicyclic) bond motifs is 1. The molecule has 0 bridgehead atoms. The molecule has 3 N–H and O–H groups in total. The Balaban J connectivity index is 1.63. The van der Waals surface area contributed by atoms with Crippen LogP contribution in [0.4, 0.5) is 17.6 Å². The quantitative estimate of drug-likeness (QED) is 0.589.